The van der Waals surface area contributed by atoms with Crippen LogP contribution in [0.3, 0.4) is 0 Å². The molecule has 0 amide bonds. The van der Waals surface area contributed by atoms with E-state index in [1.165, 1.54) is 5.56 Å². The Morgan fingerprint density at radius 1 is 1.40 bits per heavy atom. The number of anilines is 1. The Hall–Kier alpha value is -1.46. The minimum absolute atomic E-state index is 0.860. The summed E-state index contributed by atoms with van der Waals surface area (Å²) in [5.74, 6) is 6.26. The molecule has 1 aromatic carbocycles. The maximum absolute atomic E-state index is 5.82. The first-order valence-corrected chi connectivity index (χ1v) is 5.29. The van der Waals surface area contributed by atoms with Crippen LogP contribution in [-0.2, 0) is 6.42 Å². The van der Waals surface area contributed by atoms with Crippen LogP contribution in [-0.4, -0.2) is 13.6 Å². The zero-order chi connectivity index (χ0) is 11.1. The number of nitrogens with two attached hydrogens (primary N) is 1. The van der Waals surface area contributed by atoms with Gasteiger partial charge in [0.1, 0.15) is 0 Å². The molecule has 0 aliphatic heterocycles. The van der Waals surface area contributed by atoms with Crippen LogP contribution in [0.4, 0.5) is 5.69 Å². The number of hydrogen-bond donors (Lipinski definition) is 2. The predicted molar refractivity (Wildman–Crippen MR) is 65.7 cm³/mol. The first-order chi connectivity index (χ1) is 7.27. The van der Waals surface area contributed by atoms with Crippen LogP contribution < -0.4 is 11.1 Å². The fourth-order valence-corrected chi connectivity index (χ4v) is 1.34. The van der Waals surface area contributed by atoms with Crippen LogP contribution in [0, 0.1) is 11.8 Å². The van der Waals surface area contributed by atoms with Gasteiger partial charge in [0.15, 0.2) is 0 Å². The lowest BCUT2D eigenvalue weighted by molar-refractivity contribution is 0.818. The van der Waals surface area contributed by atoms with Gasteiger partial charge in [-0.25, -0.2) is 0 Å². The minimum atomic E-state index is 0.860. The lowest BCUT2D eigenvalue weighted by Crippen LogP contribution is -2.05. The number of benzene rings is 1. The highest BCUT2D eigenvalue weighted by atomic mass is 14.8. The van der Waals surface area contributed by atoms with Crippen molar-refractivity contribution in [2.45, 2.75) is 19.8 Å². The van der Waals surface area contributed by atoms with Gasteiger partial charge in [-0.2, -0.15) is 0 Å². The summed E-state index contributed by atoms with van der Waals surface area (Å²) in [6.07, 6.45) is 1.83. The van der Waals surface area contributed by atoms with Gasteiger partial charge in [0.25, 0.3) is 0 Å². The monoisotopic (exact) mass is 202 g/mol. The topological polar surface area (TPSA) is 38.0 Å². The Bertz CT molecular complexity index is 372. The highest BCUT2D eigenvalue weighted by molar-refractivity contribution is 5.52. The largest absolute Gasteiger partial charge is 0.399 e. The number of nitrogens with one attached hydrogen (secondary N) is 1. The molecule has 15 heavy (non-hydrogen) atoms. The molecule has 80 valence electrons. The van der Waals surface area contributed by atoms with Crippen molar-refractivity contribution in [2.75, 3.05) is 19.3 Å². The van der Waals surface area contributed by atoms with Crippen molar-refractivity contribution in [1.82, 2.24) is 5.32 Å². The van der Waals surface area contributed by atoms with Crippen LogP contribution >= 0.6 is 0 Å². The summed E-state index contributed by atoms with van der Waals surface area (Å²) in [4.78, 5) is 0. The van der Waals surface area contributed by atoms with E-state index in [1.54, 1.807) is 0 Å². The lowest BCUT2D eigenvalue weighted by Gasteiger charge is -2.02. The molecule has 0 aliphatic carbocycles. The summed E-state index contributed by atoms with van der Waals surface area (Å²) < 4.78 is 0. The molecular weight excluding hydrogens is 184 g/mol. The summed E-state index contributed by atoms with van der Waals surface area (Å²) in [6, 6.07) is 5.98. The van der Waals surface area contributed by atoms with Crippen molar-refractivity contribution in [2.24, 2.45) is 0 Å². The van der Waals surface area contributed by atoms with Gasteiger partial charge in [-0.1, -0.05) is 18.8 Å². The minimum Gasteiger partial charge on any atom is -0.399 e. The van der Waals surface area contributed by atoms with Gasteiger partial charge >= 0.3 is 0 Å². The van der Waals surface area contributed by atoms with Crippen LogP contribution in [0.1, 0.15) is 24.5 Å². The van der Waals surface area contributed by atoms with E-state index in [1.807, 2.05) is 19.2 Å². The Balaban J connectivity index is 2.72. The first-order valence-electron chi connectivity index (χ1n) is 5.29. The lowest BCUT2D eigenvalue weighted by atomic mass is 10.1. The Kier molecular flexibility index (Phi) is 4.73. The Morgan fingerprint density at radius 2 is 2.20 bits per heavy atom. The smallest absolute Gasteiger partial charge is 0.0347 e. The fourth-order valence-electron chi connectivity index (χ4n) is 1.34. The third kappa shape index (κ3) is 3.65. The van der Waals surface area contributed by atoms with Crippen molar-refractivity contribution in [3.63, 3.8) is 0 Å². The second-order valence-corrected chi connectivity index (χ2v) is 3.42. The van der Waals surface area contributed by atoms with Gasteiger partial charge in [0.05, 0.1) is 0 Å². The van der Waals surface area contributed by atoms with Crippen molar-refractivity contribution < 1.29 is 0 Å². The molecule has 2 nitrogen and oxygen atoms in total. The summed E-state index contributed by atoms with van der Waals surface area (Å²) in [6.45, 7) is 3.03. The van der Waals surface area contributed by atoms with Crippen LogP contribution in [0.2, 0.25) is 0 Å². The van der Waals surface area contributed by atoms with Gasteiger partial charge in [-0.15, -0.1) is 0 Å². The maximum atomic E-state index is 5.82. The van der Waals surface area contributed by atoms with Gasteiger partial charge in [-0.3, -0.25) is 0 Å². The molecule has 1 rings (SSSR count). The molecule has 0 bridgehead atoms. The highest BCUT2D eigenvalue weighted by Gasteiger charge is 1.96. The number of rotatable bonds is 3. The molecule has 0 saturated heterocycles. The van der Waals surface area contributed by atoms with Gasteiger partial charge in [-0.05, 0) is 37.2 Å². The molecule has 2 heteroatoms. The zero-order valence-corrected chi connectivity index (χ0v) is 9.43. The molecular formula is C13H18N2. The second-order valence-electron chi connectivity index (χ2n) is 3.42. The van der Waals surface area contributed by atoms with Crippen molar-refractivity contribution in [3.8, 4) is 11.8 Å². The standard InChI is InChI=1S/C13H18N2/c1-3-12-10-11(7-8-13(12)14)6-4-5-9-15-2/h7-8,10,15H,3,5,9,14H2,1-2H3. The van der Waals surface area contributed by atoms with Crippen molar-refractivity contribution >= 4 is 5.69 Å². The molecule has 0 heterocycles. The average molecular weight is 202 g/mol. The molecule has 0 unspecified atom stereocenters. The summed E-state index contributed by atoms with van der Waals surface area (Å²) in [5, 5.41) is 3.06. The molecule has 1 aromatic rings. The van der Waals surface area contributed by atoms with E-state index in [0.717, 1.165) is 30.6 Å². The van der Waals surface area contributed by atoms with E-state index in [2.05, 4.69) is 30.1 Å². The summed E-state index contributed by atoms with van der Waals surface area (Å²) in [7, 11) is 1.93. The van der Waals surface area contributed by atoms with E-state index in [-0.39, 0.29) is 0 Å². The molecule has 0 aromatic heterocycles. The molecule has 0 atom stereocenters. The highest BCUT2D eigenvalue weighted by Crippen LogP contribution is 2.13. The van der Waals surface area contributed by atoms with E-state index in [9.17, 15) is 0 Å². The van der Waals surface area contributed by atoms with E-state index in [4.69, 9.17) is 5.73 Å². The van der Waals surface area contributed by atoms with Crippen molar-refractivity contribution in [3.05, 3.63) is 29.3 Å². The molecule has 0 spiro atoms. The number of aryl methyl sites for hydroxylation is 1. The quantitative estimate of drug-likeness (QED) is 0.445. The van der Waals surface area contributed by atoms with Gasteiger partial charge < -0.3 is 11.1 Å². The zero-order valence-electron chi connectivity index (χ0n) is 9.43. The van der Waals surface area contributed by atoms with E-state index >= 15 is 0 Å². The van der Waals surface area contributed by atoms with Crippen LogP contribution in [0.15, 0.2) is 18.2 Å². The molecule has 0 aliphatic rings. The molecule has 0 fully saturated rings. The van der Waals surface area contributed by atoms with Gasteiger partial charge in [0.2, 0.25) is 0 Å². The van der Waals surface area contributed by atoms with Crippen LogP contribution in [0.25, 0.3) is 0 Å². The first kappa shape index (κ1) is 11.6. The molecule has 0 saturated carbocycles. The predicted octanol–water partition coefficient (Wildman–Crippen LogP) is 1.79. The Labute approximate surface area is 91.9 Å². The SMILES string of the molecule is CCc1cc(C#CCCNC)ccc1N. The summed E-state index contributed by atoms with van der Waals surface area (Å²) in [5.41, 5.74) is 8.91. The number of nitrogen functional groups attached to an aromatic ring is 1. The van der Waals surface area contributed by atoms with E-state index < -0.39 is 0 Å². The van der Waals surface area contributed by atoms with E-state index in [0.29, 0.717) is 0 Å². The number of hydrogen-bond acceptors (Lipinski definition) is 2. The maximum Gasteiger partial charge on any atom is 0.0347 e. The average Bonchev–Trinajstić information content (AvgIpc) is 2.26. The third-order valence-electron chi connectivity index (χ3n) is 2.26. The summed E-state index contributed by atoms with van der Waals surface area (Å²) >= 11 is 0. The molecule has 0 radical (unpaired) electrons. The normalized spacial score (nSPS) is 9.47. The fraction of sp³-hybridized carbons (Fsp3) is 0.385. The third-order valence-corrected chi connectivity index (χ3v) is 2.26. The Morgan fingerprint density at radius 3 is 2.87 bits per heavy atom. The second kappa shape index (κ2) is 6.10. The molecule has 3 N–H and O–H groups in total. The van der Waals surface area contributed by atoms with Gasteiger partial charge in [0, 0.05) is 24.2 Å². The van der Waals surface area contributed by atoms with Crippen molar-refractivity contribution in [1.29, 1.82) is 0 Å². The van der Waals surface area contributed by atoms with Crippen LogP contribution in [0.5, 0.6) is 0 Å².